The highest BCUT2D eigenvalue weighted by Gasteiger charge is 2.14. The van der Waals surface area contributed by atoms with E-state index in [1.807, 2.05) is 19.1 Å². The Morgan fingerprint density at radius 2 is 1.41 bits per heavy atom. The fourth-order valence-corrected chi connectivity index (χ4v) is 2.85. The molecule has 29 heavy (non-hydrogen) atoms. The van der Waals surface area contributed by atoms with Crippen LogP contribution in [0.1, 0.15) is 38.7 Å². The number of hydrogen-bond acceptors (Lipinski definition) is 6. The van der Waals surface area contributed by atoms with Crippen molar-refractivity contribution in [2.75, 3.05) is 34.5 Å². The van der Waals surface area contributed by atoms with E-state index in [0.717, 1.165) is 12.2 Å². The highest BCUT2D eigenvalue weighted by molar-refractivity contribution is 5.55. The van der Waals surface area contributed by atoms with Crippen LogP contribution in [0.3, 0.4) is 0 Å². The van der Waals surface area contributed by atoms with Crippen LogP contribution in [0.5, 0.6) is 28.7 Å². The Kier molecular flexibility index (Phi) is 8.93. The zero-order chi connectivity index (χ0) is 21.2. The third kappa shape index (κ3) is 6.46. The molecule has 0 saturated heterocycles. The van der Waals surface area contributed by atoms with Crippen LogP contribution in [0, 0.1) is 0 Å². The van der Waals surface area contributed by atoms with Gasteiger partial charge in [-0.25, -0.2) is 0 Å². The van der Waals surface area contributed by atoms with Gasteiger partial charge in [0.1, 0.15) is 18.1 Å². The first-order chi connectivity index (χ1) is 14.0. The molecule has 0 heterocycles. The molecule has 2 aromatic carbocycles. The summed E-state index contributed by atoms with van der Waals surface area (Å²) in [4.78, 5) is 0. The predicted octanol–water partition coefficient (Wildman–Crippen LogP) is 5.05. The molecule has 0 saturated carbocycles. The predicted molar refractivity (Wildman–Crippen MR) is 113 cm³/mol. The maximum absolute atomic E-state index is 5.80. The van der Waals surface area contributed by atoms with E-state index in [1.54, 1.807) is 33.5 Å². The van der Waals surface area contributed by atoms with E-state index in [2.05, 4.69) is 26.0 Å². The first-order valence-electron chi connectivity index (χ1n) is 9.83. The van der Waals surface area contributed by atoms with E-state index in [9.17, 15) is 0 Å². The Balaban J connectivity index is 1.81. The molecule has 0 aliphatic heterocycles. The first-order valence-corrected chi connectivity index (χ1v) is 9.83. The van der Waals surface area contributed by atoms with Gasteiger partial charge in [-0.1, -0.05) is 26.0 Å². The summed E-state index contributed by atoms with van der Waals surface area (Å²) in [5, 5.41) is 0. The second-order valence-electron chi connectivity index (χ2n) is 6.64. The van der Waals surface area contributed by atoms with E-state index >= 15 is 0 Å². The average Bonchev–Trinajstić information content (AvgIpc) is 2.75. The Labute approximate surface area is 173 Å². The highest BCUT2D eigenvalue weighted by atomic mass is 16.7. The standard InChI is InChI=1S/C23H32O6/c1-7-16(2)18-8-10-19(11-9-18)29-17(3)27-12-13-28-20-14-21(24-4)23(26-6)22(15-20)25-5/h8-11,14-17H,7,12-13H2,1-6H3. The molecule has 0 radical (unpaired) electrons. The molecule has 6 heteroatoms. The molecule has 0 aromatic heterocycles. The van der Waals surface area contributed by atoms with Gasteiger partial charge in [0.25, 0.3) is 0 Å². The van der Waals surface area contributed by atoms with Gasteiger partial charge < -0.3 is 28.4 Å². The smallest absolute Gasteiger partial charge is 0.203 e. The van der Waals surface area contributed by atoms with Crippen molar-refractivity contribution in [3.05, 3.63) is 42.0 Å². The lowest BCUT2D eigenvalue weighted by Gasteiger charge is -2.17. The summed E-state index contributed by atoms with van der Waals surface area (Å²) in [5.41, 5.74) is 1.31. The van der Waals surface area contributed by atoms with Crippen LogP contribution in [0.2, 0.25) is 0 Å². The van der Waals surface area contributed by atoms with Crippen molar-refractivity contribution in [2.24, 2.45) is 0 Å². The van der Waals surface area contributed by atoms with Gasteiger partial charge in [0.2, 0.25) is 5.75 Å². The molecule has 2 atom stereocenters. The average molecular weight is 405 g/mol. The summed E-state index contributed by atoms with van der Waals surface area (Å²) in [6.07, 6.45) is 0.735. The molecule has 2 rings (SSSR count). The van der Waals surface area contributed by atoms with Crippen LogP contribution < -0.4 is 23.7 Å². The largest absolute Gasteiger partial charge is 0.493 e. The third-order valence-corrected chi connectivity index (χ3v) is 4.71. The summed E-state index contributed by atoms with van der Waals surface area (Å²) in [7, 11) is 4.70. The Morgan fingerprint density at radius 1 is 0.793 bits per heavy atom. The van der Waals surface area contributed by atoms with Gasteiger partial charge in [0, 0.05) is 12.1 Å². The van der Waals surface area contributed by atoms with Crippen molar-refractivity contribution in [3.63, 3.8) is 0 Å². The topological polar surface area (TPSA) is 55.4 Å². The molecule has 0 fully saturated rings. The zero-order valence-corrected chi connectivity index (χ0v) is 18.2. The maximum atomic E-state index is 5.80. The molecule has 0 amide bonds. The Bertz CT molecular complexity index is 719. The number of hydrogen-bond donors (Lipinski definition) is 0. The van der Waals surface area contributed by atoms with Crippen LogP contribution in [0.4, 0.5) is 0 Å². The minimum Gasteiger partial charge on any atom is -0.493 e. The number of ether oxygens (including phenoxy) is 6. The molecular weight excluding hydrogens is 372 g/mol. The second kappa shape index (κ2) is 11.4. The van der Waals surface area contributed by atoms with Crippen molar-refractivity contribution in [1.82, 2.24) is 0 Å². The number of rotatable bonds is 12. The van der Waals surface area contributed by atoms with Crippen LogP contribution in [-0.2, 0) is 4.74 Å². The van der Waals surface area contributed by atoms with Crippen LogP contribution in [-0.4, -0.2) is 40.8 Å². The van der Waals surface area contributed by atoms with Gasteiger partial charge in [-0.15, -0.1) is 0 Å². The molecular formula is C23H32O6. The van der Waals surface area contributed by atoms with Gasteiger partial charge >= 0.3 is 0 Å². The quantitative estimate of drug-likeness (QED) is 0.365. The minimum atomic E-state index is -0.381. The maximum Gasteiger partial charge on any atom is 0.203 e. The molecule has 2 unspecified atom stereocenters. The van der Waals surface area contributed by atoms with Gasteiger partial charge in [-0.3, -0.25) is 0 Å². The summed E-state index contributed by atoms with van der Waals surface area (Å²) in [6, 6.07) is 11.7. The Morgan fingerprint density at radius 3 is 1.93 bits per heavy atom. The van der Waals surface area contributed by atoms with Crippen LogP contribution in [0.25, 0.3) is 0 Å². The van der Waals surface area contributed by atoms with Gasteiger partial charge in [0.05, 0.1) is 27.9 Å². The fraction of sp³-hybridized carbons (Fsp3) is 0.478. The van der Waals surface area contributed by atoms with E-state index in [4.69, 9.17) is 28.4 Å². The van der Waals surface area contributed by atoms with Crippen molar-refractivity contribution < 1.29 is 28.4 Å². The molecule has 0 bridgehead atoms. The summed E-state index contributed by atoms with van der Waals surface area (Å²) < 4.78 is 33.2. The molecule has 0 aliphatic carbocycles. The SMILES string of the molecule is CCC(C)c1ccc(OC(C)OCCOc2cc(OC)c(OC)c(OC)c2)cc1. The molecule has 0 N–H and O–H groups in total. The molecule has 6 nitrogen and oxygen atoms in total. The monoisotopic (exact) mass is 404 g/mol. The number of methoxy groups -OCH3 is 3. The fourth-order valence-electron chi connectivity index (χ4n) is 2.85. The third-order valence-electron chi connectivity index (χ3n) is 4.71. The summed E-state index contributed by atoms with van der Waals surface area (Å²) in [6.45, 7) is 7.00. The second-order valence-corrected chi connectivity index (χ2v) is 6.64. The van der Waals surface area contributed by atoms with Crippen molar-refractivity contribution in [2.45, 2.75) is 39.4 Å². The van der Waals surface area contributed by atoms with E-state index < -0.39 is 0 Å². The lowest BCUT2D eigenvalue weighted by atomic mass is 9.99. The van der Waals surface area contributed by atoms with Crippen molar-refractivity contribution in [3.8, 4) is 28.7 Å². The van der Waals surface area contributed by atoms with E-state index in [1.165, 1.54) is 5.56 Å². The molecule has 0 aliphatic rings. The van der Waals surface area contributed by atoms with E-state index in [-0.39, 0.29) is 6.29 Å². The molecule has 2 aromatic rings. The number of benzene rings is 2. The summed E-state index contributed by atoms with van der Waals surface area (Å²) >= 11 is 0. The lowest BCUT2D eigenvalue weighted by molar-refractivity contribution is -0.0739. The highest BCUT2D eigenvalue weighted by Crippen LogP contribution is 2.40. The summed E-state index contributed by atoms with van der Waals surface area (Å²) in [5.74, 6) is 3.55. The van der Waals surface area contributed by atoms with Crippen LogP contribution >= 0.6 is 0 Å². The van der Waals surface area contributed by atoms with E-state index in [0.29, 0.717) is 42.1 Å². The normalized spacial score (nSPS) is 12.8. The minimum absolute atomic E-state index is 0.360. The van der Waals surface area contributed by atoms with Gasteiger partial charge in [-0.05, 0) is 37.0 Å². The van der Waals surface area contributed by atoms with Gasteiger partial charge in [-0.2, -0.15) is 0 Å². The van der Waals surface area contributed by atoms with Crippen molar-refractivity contribution in [1.29, 1.82) is 0 Å². The first kappa shape index (κ1) is 22.7. The Hall–Kier alpha value is -2.60. The lowest BCUT2D eigenvalue weighted by Crippen LogP contribution is -2.20. The molecule has 160 valence electrons. The zero-order valence-electron chi connectivity index (χ0n) is 18.2. The van der Waals surface area contributed by atoms with Gasteiger partial charge in [0.15, 0.2) is 17.8 Å². The van der Waals surface area contributed by atoms with Crippen LogP contribution in [0.15, 0.2) is 36.4 Å². The molecule has 0 spiro atoms. The van der Waals surface area contributed by atoms with Crippen molar-refractivity contribution >= 4 is 0 Å².